The molecule has 2 aromatic rings. The summed E-state index contributed by atoms with van der Waals surface area (Å²) >= 11 is 0. The van der Waals surface area contributed by atoms with Crippen LogP contribution in [-0.4, -0.2) is 33.2 Å². The molecule has 5 nitrogen and oxygen atoms in total. The Kier molecular flexibility index (Phi) is 5.28. The number of carbonyl (C=O) groups excluding carboxylic acids is 1. The zero-order valence-corrected chi connectivity index (χ0v) is 14.4. The summed E-state index contributed by atoms with van der Waals surface area (Å²) in [5.74, 6) is -0.174. The molecule has 132 valence electrons. The molecule has 1 aliphatic heterocycles. The topological polar surface area (TPSA) is 50.2 Å². The molecule has 3 rings (SSSR count). The Morgan fingerprint density at radius 3 is 3.08 bits per heavy atom. The Hall–Kier alpha value is -2.47. The van der Waals surface area contributed by atoms with E-state index in [0.29, 0.717) is 32.6 Å². The summed E-state index contributed by atoms with van der Waals surface area (Å²) in [6, 6.07) is 6.50. The molecule has 0 aliphatic carbocycles. The van der Waals surface area contributed by atoms with E-state index in [-0.39, 0.29) is 17.8 Å². The number of likely N-dealkylation sites (tertiary alicyclic amines) is 1. The molecule has 1 saturated heterocycles. The van der Waals surface area contributed by atoms with E-state index in [2.05, 4.69) is 17.0 Å². The van der Waals surface area contributed by atoms with Crippen LogP contribution >= 0.6 is 0 Å². The van der Waals surface area contributed by atoms with Gasteiger partial charge < -0.3 is 10.2 Å². The van der Waals surface area contributed by atoms with E-state index in [4.69, 9.17) is 0 Å². The van der Waals surface area contributed by atoms with Crippen molar-refractivity contribution in [2.24, 2.45) is 0 Å². The van der Waals surface area contributed by atoms with E-state index in [1.165, 1.54) is 12.1 Å². The number of rotatable bonds is 7. The molecule has 0 saturated carbocycles. The quantitative estimate of drug-likeness (QED) is 0.786. The van der Waals surface area contributed by atoms with Gasteiger partial charge in [-0.05, 0) is 24.6 Å². The Balaban J connectivity index is 1.55. The first kappa shape index (κ1) is 17.4. The number of carbonyl (C=O) groups is 1. The minimum Gasteiger partial charge on any atom is -0.337 e. The maximum Gasteiger partial charge on any atom is 0.224 e. The zero-order valence-electron chi connectivity index (χ0n) is 14.4. The predicted octanol–water partition coefficient (Wildman–Crippen LogP) is 2.41. The van der Waals surface area contributed by atoms with Crippen LogP contribution in [0.4, 0.5) is 4.39 Å². The van der Waals surface area contributed by atoms with Crippen molar-refractivity contribution < 1.29 is 9.18 Å². The number of amides is 1. The van der Waals surface area contributed by atoms with Crippen LogP contribution in [0.5, 0.6) is 0 Å². The summed E-state index contributed by atoms with van der Waals surface area (Å²) in [7, 11) is 0. The average molecular weight is 342 g/mol. The molecule has 6 heteroatoms. The van der Waals surface area contributed by atoms with Crippen LogP contribution in [0, 0.1) is 12.7 Å². The van der Waals surface area contributed by atoms with Crippen LogP contribution in [0.3, 0.4) is 0 Å². The van der Waals surface area contributed by atoms with Crippen LogP contribution in [0.15, 0.2) is 43.1 Å². The summed E-state index contributed by atoms with van der Waals surface area (Å²) in [6.07, 6.45) is 4.28. The summed E-state index contributed by atoms with van der Waals surface area (Å²) in [5.41, 5.74) is 2.92. The lowest BCUT2D eigenvalue weighted by Crippen LogP contribution is -2.32. The zero-order chi connectivity index (χ0) is 17.8. The fourth-order valence-electron chi connectivity index (χ4n) is 3.13. The van der Waals surface area contributed by atoms with Gasteiger partial charge in [0, 0.05) is 43.9 Å². The highest BCUT2D eigenvalue weighted by Gasteiger charge is 2.29. The molecule has 1 aromatic heterocycles. The van der Waals surface area contributed by atoms with Crippen LogP contribution in [-0.2, 0) is 24.4 Å². The van der Waals surface area contributed by atoms with Crippen molar-refractivity contribution in [1.82, 2.24) is 20.0 Å². The van der Waals surface area contributed by atoms with Gasteiger partial charge in [-0.25, -0.2) is 4.39 Å². The number of aryl methyl sites for hydroxylation is 1. The van der Waals surface area contributed by atoms with E-state index in [0.717, 1.165) is 16.8 Å². The fraction of sp³-hybridized carbons (Fsp3) is 0.368. The van der Waals surface area contributed by atoms with Crippen LogP contribution in [0.25, 0.3) is 0 Å². The standard InChI is InChI=1S/C19H23FN4O/c1-3-7-24-12-16(14(2)22-24)10-21-18-9-19(25)23(13-18)11-15-5-4-6-17(20)8-15/h3-6,8,12,18,21H,1,7,9-11,13H2,2H3/t18-/m1/s1. The van der Waals surface area contributed by atoms with E-state index in [1.54, 1.807) is 11.0 Å². The number of hydrogen-bond donors (Lipinski definition) is 1. The highest BCUT2D eigenvalue weighted by molar-refractivity contribution is 5.79. The third-order valence-corrected chi connectivity index (χ3v) is 4.42. The highest BCUT2D eigenvalue weighted by atomic mass is 19.1. The first-order valence-corrected chi connectivity index (χ1v) is 8.44. The number of hydrogen-bond acceptors (Lipinski definition) is 3. The van der Waals surface area contributed by atoms with Gasteiger partial charge >= 0.3 is 0 Å². The lowest BCUT2D eigenvalue weighted by atomic mass is 10.2. The number of allylic oxidation sites excluding steroid dienone is 1. The van der Waals surface area contributed by atoms with Gasteiger partial charge in [0.15, 0.2) is 0 Å². The van der Waals surface area contributed by atoms with E-state index in [1.807, 2.05) is 29.9 Å². The summed E-state index contributed by atoms with van der Waals surface area (Å²) in [5, 5.41) is 7.87. The van der Waals surface area contributed by atoms with Gasteiger partial charge in [0.1, 0.15) is 5.82 Å². The highest BCUT2D eigenvalue weighted by Crippen LogP contribution is 2.16. The largest absolute Gasteiger partial charge is 0.337 e. The smallest absolute Gasteiger partial charge is 0.224 e. The van der Waals surface area contributed by atoms with Gasteiger partial charge in [-0.1, -0.05) is 18.2 Å². The number of nitrogens with zero attached hydrogens (tertiary/aromatic N) is 3. The molecular weight excluding hydrogens is 319 g/mol. The van der Waals surface area contributed by atoms with E-state index < -0.39 is 0 Å². The van der Waals surface area contributed by atoms with Gasteiger partial charge in [-0.2, -0.15) is 5.10 Å². The van der Waals surface area contributed by atoms with Gasteiger partial charge in [0.05, 0.1) is 12.2 Å². The molecule has 0 unspecified atom stereocenters. The second kappa shape index (κ2) is 7.61. The third kappa shape index (κ3) is 4.33. The monoisotopic (exact) mass is 342 g/mol. The Labute approximate surface area is 147 Å². The summed E-state index contributed by atoms with van der Waals surface area (Å²) < 4.78 is 15.1. The van der Waals surface area contributed by atoms with Gasteiger partial charge in [-0.3, -0.25) is 9.48 Å². The second-order valence-electron chi connectivity index (χ2n) is 6.44. The molecule has 1 fully saturated rings. The van der Waals surface area contributed by atoms with Crippen molar-refractivity contribution in [2.75, 3.05) is 6.54 Å². The van der Waals surface area contributed by atoms with E-state index in [9.17, 15) is 9.18 Å². The van der Waals surface area contributed by atoms with Crippen molar-refractivity contribution >= 4 is 5.91 Å². The molecule has 25 heavy (non-hydrogen) atoms. The first-order valence-electron chi connectivity index (χ1n) is 8.44. The molecular formula is C19H23FN4O. The third-order valence-electron chi connectivity index (χ3n) is 4.42. The maximum absolute atomic E-state index is 13.3. The molecule has 1 N–H and O–H groups in total. The van der Waals surface area contributed by atoms with Crippen LogP contribution < -0.4 is 5.32 Å². The molecule has 1 aliphatic rings. The van der Waals surface area contributed by atoms with Crippen LogP contribution in [0.1, 0.15) is 23.2 Å². The molecule has 0 bridgehead atoms. The molecule has 1 atom stereocenters. The molecule has 0 spiro atoms. The lowest BCUT2D eigenvalue weighted by Gasteiger charge is -2.17. The van der Waals surface area contributed by atoms with Crippen molar-refractivity contribution in [3.8, 4) is 0 Å². The van der Waals surface area contributed by atoms with Crippen molar-refractivity contribution in [3.63, 3.8) is 0 Å². The Morgan fingerprint density at radius 2 is 2.32 bits per heavy atom. The first-order chi connectivity index (χ1) is 12.0. The number of benzene rings is 1. The molecule has 1 aromatic carbocycles. The molecule has 2 heterocycles. The predicted molar refractivity (Wildman–Crippen MR) is 94.2 cm³/mol. The maximum atomic E-state index is 13.3. The molecule has 0 radical (unpaired) electrons. The van der Waals surface area contributed by atoms with Gasteiger partial charge in [0.25, 0.3) is 0 Å². The fourth-order valence-corrected chi connectivity index (χ4v) is 3.13. The number of aromatic nitrogens is 2. The van der Waals surface area contributed by atoms with Gasteiger partial charge in [-0.15, -0.1) is 6.58 Å². The number of halogens is 1. The van der Waals surface area contributed by atoms with Crippen molar-refractivity contribution in [3.05, 3.63) is 65.8 Å². The summed E-state index contributed by atoms with van der Waals surface area (Å²) in [4.78, 5) is 14.0. The van der Waals surface area contributed by atoms with Crippen LogP contribution in [0.2, 0.25) is 0 Å². The van der Waals surface area contributed by atoms with Gasteiger partial charge in [0.2, 0.25) is 5.91 Å². The normalized spacial score (nSPS) is 17.3. The second-order valence-corrected chi connectivity index (χ2v) is 6.44. The Bertz CT molecular complexity index is 771. The minimum atomic E-state index is -0.272. The number of nitrogens with one attached hydrogen (secondary N) is 1. The average Bonchev–Trinajstić information content (AvgIpc) is 3.08. The molecule has 1 amide bonds. The van der Waals surface area contributed by atoms with Crippen molar-refractivity contribution in [1.29, 1.82) is 0 Å². The Morgan fingerprint density at radius 1 is 1.48 bits per heavy atom. The summed E-state index contributed by atoms with van der Waals surface area (Å²) in [6.45, 7) is 8.14. The SMILES string of the molecule is C=CCn1cc(CN[C@@H]2CC(=O)N(Cc3cccc(F)c3)C2)c(C)n1. The van der Waals surface area contributed by atoms with E-state index >= 15 is 0 Å². The minimum absolute atomic E-state index is 0.0980. The van der Waals surface area contributed by atoms with Crippen molar-refractivity contribution in [2.45, 2.75) is 39.0 Å². The lowest BCUT2D eigenvalue weighted by molar-refractivity contribution is -0.128.